The number of carbonyl (C=O) groups excluding carboxylic acids is 1. The molecule has 1 atom stereocenters. The quantitative estimate of drug-likeness (QED) is 0.488. The lowest BCUT2D eigenvalue weighted by atomic mass is 10.0. The highest BCUT2D eigenvalue weighted by atomic mass is 19.4. The molecule has 1 aliphatic heterocycles. The number of benzene rings is 2. The average Bonchev–Trinajstić information content (AvgIpc) is 2.55. The van der Waals surface area contributed by atoms with Gasteiger partial charge in [0.25, 0.3) is 0 Å². The van der Waals surface area contributed by atoms with Gasteiger partial charge in [0.1, 0.15) is 11.5 Å². The minimum atomic E-state index is -4.94. The molecule has 0 fully saturated rings. The monoisotopic (exact) mass is 386 g/mol. The maximum Gasteiger partial charge on any atom is 0.416 e. The van der Waals surface area contributed by atoms with Gasteiger partial charge in [0.05, 0.1) is 11.5 Å². The van der Waals surface area contributed by atoms with E-state index in [0.29, 0.717) is 0 Å². The number of ether oxygens (including phenoxy) is 1. The van der Waals surface area contributed by atoms with E-state index in [0.717, 1.165) is 36.4 Å². The molecular weight excluding hydrogens is 376 g/mol. The Morgan fingerprint density at radius 1 is 1.26 bits per heavy atom. The van der Waals surface area contributed by atoms with Gasteiger partial charge in [-0.3, -0.25) is 15.0 Å². The van der Waals surface area contributed by atoms with Crippen molar-refractivity contribution in [2.75, 3.05) is 0 Å². The number of halogens is 4. The van der Waals surface area contributed by atoms with Crippen molar-refractivity contribution in [3.63, 3.8) is 0 Å². The number of nitrogens with zero attached hydrogens (tertiary/aromatic N) is 2. The highest BCUT2D eigenvalue weighted by molar-refractivity contribution is 5.75. The van der Waals surface area contributed by atoms with Crippen molar-refractivity contribution < 1.29 is 37.1 Å². The fraction of sp³-hybridized carbons (Fsp3) is 0.188. The summed E-state index contributed by atoms with van der Waals surface area (Å²) in [4.78, 5) is 22.1. The number of hydrogen-bond acceptors (Lipinski definition) is 5. The average molecular weight is 386 g/mol. The lowest BCUT2D eigenvalue weighted by Crippen LogP contribution is -2.46. The lowest BCUT2D eigenvalue weighted by Gasteiger charge is -2.37. The third-order valence-corrected chi connectivity index (χ3v) is 3.94. The fourth-order valence-corrected chi connectivity index (χ4v) is 2.79. The van der Waals surface area contributed by atoms with Crippen LogP contribution in [0.2, 0.25) is 0 Å². The van der Waals surface area contributed by atoms with Gasteiger partial charge < -0.3 is 9.84 Å². The molecule has 1 heterocycles. The summed E-state index contributed by atoms with van der Waals surface area (Å²) in [5.41, 5.74) is -1.85. The molecule has 142 valence electrons. The highest BCUT2D eigenvalue weighted by Crippen LogP contribution is 2.46. The Morgan fingerprint density at radius 2 is 1.96 bits per heavy atom. The van der Waals surface area contributed by atoms with Crippen molar-refractivity contribution in [2.24, 2.45) is 0 Å². The second-order valence-corrected chi connectivity index (χ2v) is 5.67. The first-order chi connectivity index (χ1) is 12.6. The Hall–Kier alpha value is -3.37. The normalized spacial score (nSPS) is 16.7. The molecule has 0 radical (unpaired) electrons. The first kappa shape index (κ1) is 18.4. The molecule has 2 aromatic carbocycles. The predicted octanol–water partition coefficient (Wildman–Crippen LogP) is 4.06. The summed E-state index contributed by atoms with van der Waals surface area (Å²) < 4.78 is 60.0. The molecule has 2 aromatic rings. The van der Waals surface area contributed by atoms with Gasteiger partial charge in [0.2, 0.25) is 5.82 Å². The Bertz CT molecular complexity index is 932. The summed E-state index contributed by atoms with van der Waals surface area (Å²) in [7, 11) is 0. The van der Waals surface area contributed by atoms with Gasteiger partial charge in [-0.15, -0.1) is 0 Å². The molecular formula is C16H10F4N2O5. The third kappa shape index (κ3) is 3.35. The van der Waals surface area contributed by atoms with Crippen LogP contribution in [0.1, 0.15) is 17.2 Å². The summed E-state index contributed by atoms with van der Waals surface area (Å²) in [6.07, 6.45) is -6.37. The van der Waals surface area contributed by atoms with Crippen molar-refractivity contribution in [1.82, 2.24) is 4.90 Å². The number of amides is 1. The van der Waals surface area contributed by atoms with Crippen molar-refractivity contribution >= 4 is 11.8 Å². The summed E-state index contributed by atoms with van der Waals surface area (Å²) in [5, 5.41) is 20.2. The van der Waals surface area contributed by atoms with Gasteiger partial charge in [0, 0.05) is 23.3 Å². The number of rotatable bonds is 3. The van der Waals surface area contributed by atoms with Crippen molar-refractivity contribution in [3.05, 3.63) is 63.5 Å². The van der Waals surface area contributed by atoms with Crippen LogP contribution in [0.25, 0.3) is 0 Å². The smallest absolute Gasteiger partial charge is 0.416 e. The van der Waals surface area contributed by atoms with Gasteiger partial charge in [-0.1, -0.05) is 12.1 Å². The molecule has 0 saturated carbocycles. The molecule has 1 N–H and O–H groups in total. The van der Waals surface area contributed by atoms with Crippen LogP contribution >= 0.6 is 0 Å². The number of hydrogen-bond donors (Lipinski definition) is 1. The molecule has 0 aromatic heterocycles. The van der Waals surface area contributed by atoms with Crippen molar-refractivity contribution in [3.8, 4) is 11.5 Å². The SMILES string of the molecule is O=C1Oc2cc(O)ccc2C(C(F)(F)F)N1Cc1cccc([N+](=O)[O-])c1F. The van der Waals surface area contributed by atoms with Crippen molar-refractivity contribution in [1.29, 1.82) is 0 Å². The molecule has 7 nitrogen and oxygen atoms in total. The van der Waals surface area contributed by atoms with Crippen LogP contribution in [0.4, 0.5) is 28.0 Å². The maximum absolute atomic E-state index is 14.2. The molecule has 11 heteroatoms. The van der Waals surface area contributed by atoms with Crippen LogP contribution in [0.5, 0.6) is 11.5 Å². The van der Waals surface area contributed by atoms with E-state index in [-0.39, 0.29) is 4.90 Å². The number of nitro groups is 1. The second-order valence-electron chi connectivity index (χ2n) is 5.67. The zero-order chi connectivity index (χ0) is 19.9. The fourth-order valence-electron chi connectivity index (χ4n) is 2.79. The number of phenolic OH excluding ortho intramolecular Hbond substituents is 1. The topological polar surface area (TPSA) is 92.9 Å². The first-order valence-corrected chi connectivity index (χ1v) is 7.39. The van der Waals surface area contributed by atoms with E-state index in [9.17, 15) is 37.6 Å². The van der Waals surface area contributed by atoms with Crippen LogP contribution < -0.4 is 4.74 Å². The number of alkyl halides is 3. The second kappa shape index (κ2) is 6.41. The standard InChI is InChI=1S/C16H10F4N2O5/c17-13-8(2-1-3-11(13)22(25)26)7-21-14(16(18,19)20)10-5-4-9(23)6-12(10)27-15(21)24/h1-6,14,23H,7H2. The number of aromatic hydroxyl groups is 1. The van der Waals surface area contributed by atoms with Crippen LogP contribution in [-0.2, 0) is 6.54 Å². The maximum atomic E-state index is 14.2. The molecule has 3 rings (SSSR count). The van der Waals surface area contributed by atoms with E-state index in [4.69, 9.17) is 4.74 Å². The minimum absolute atomic E-state index is 0.224. The number of phenols is 1. The molecule has 0 saturated heterocycles. The summed E-state index contributed by atoms with van der Waals surface area (Å²) >= 11 is 0. The molecule has 1 unspecified atom stereocenters. The van der Waals surface area contributed by atoms with Crippen molar-refractivity contribution in [2.45, 2.75) is 18.8 Å². The van der Waals surface area contributed by atoms with E-state index in [1.165, 1.54) is 0 Å². The third-order valence-electron chi connectivity index (χ3n) is 3.94. The Morgan fingerprint density at radius 3 is 2.59 bits per heavy atom. The zero-order valence-corrected chi connectivity index (χ0v) is 13.2. The van der Waals surface area contributed by atoms with Gasteiger partial charge in [-0.2, -0.15) is 17.6 Å². The first-order valence-electron chi connectivity index (χ1n) is 7.39. The zero-order valence-electron chi connectivity index (χ0n) is 13.2. The van der Waals surface area contributed by atoms with Crippen LogP contribution in [0.15, 0.2) is 36.4 Å². The van der Waals surface area contributed by atoms with Crippen LogP contribution in [0.3, 0.4) is 0 Å². The van der Waals surface area contributed by atoms with Gasteiger partial charge in [0.15, 0.2) is 6.04 Å². The lowest BCUT2D eigenvalue weighted by molar-refractivity contribution is -0.387. The van der Waals surface area contributed by atoms with E-state index < -0.39 is 63.9 Å². The summed E-state index contributed by atoms with van der Waals surface area (Å²) in [6.45, 7) is -0.906. The van der Waals surface area contributed by atoms with E-state index in [1.54, 1.807) is 0 Å². The van der Waals surface area contributed by atoms with E-state index in [2.05, 4.69) is 0 Å². The summed E-state index contributed by atoms with van der Waals surface area (Å²) in [5.74, 6) is -2.22. The minimum Gasteiger partial charge on any atom is -0.508 e. The van der Waals surface area contributed by atoms with Crippen LogP contribution in [0, 0.1) is 15.9 Å². The number of nitro benzene ring substituents is 1. The van der Waals surface area contributed by atoms with Gasteiger partial charge >= 0.3 is 18.0 Å². The largest absolute Gasteiger partial charge is 0.508 e. The van der Waals surface area contributed by atoms with Gasteiger partial charge in [-0.25, -0.2) is 4.79 Å². The highest BCUT2D eigenvalue weighted by Gasteiger charge is 2.51. The molecule has 0 aliphatic carbocycles. The Kier molecular flexibility index (Phi) is 4.38. The molecule has 0 bridgehead atoms. The van der Waals surface area contributed by atoms with E-state index >= 15 is 0 Å². The van der Waals surface area contributed by atoms with Gasteiger partial charge in [-0.05, 0) is 12.1 Å². The Balaban J connectivity index is 2.07. The number of fused-ring (bicyclic) bond motifs is 1. The Labute approximate surface area is 148 Å². The number of carbonyl (C=O) groups is 1. The summed E-state index contributed by atoms with van der Waals surface area (Å²) in [6, 6.07) is 3.29. The van der Waals surface area contributed by atoms with E-state index in [1.807, 2.05) is 0 Å². The van der Waals surface area contributed by atoms with Crippen LogP contribution in [-0.4, -0.2) is 27.2 Å². The molecule has 27 heavy (non-hydrogen) atoms. The molecule has 1 aliphatic rings. The predicted molar refractivity (Wildman–Crippen MR) is 81.5 cm³/mol. The molecule has 0 spiro atoms. The molecule has 1 amide bonds.